The molecule has 0 amide bonds. The summed E-state index contributed by atoms with van der Waals surface area (Å²) >= 11 is 0. The second kappa shape index (κ2) is 3.92. The summed E-state index contributed by atoms with van der Waals surface area (Å²) in [6.07, 6.45) is 7.78. The van der Waals surface area contributed by atoms with E-state index in [2.05, 4.69) is 12.1 Å². The molecule has 1 spiro atoms. The highest BCUT2D eigenvalue weighted by Gasteiger charge is 2.36. The Labute approximate surface area is 102 Å². The van der Waals surface area contributed by atoms with Crippen molar-refractivity contribution in [2.24, 2.45) is 0 Å². The summed E-state index contributed by atoms with van der Waals surface area (Å²) in [7, 11) is 0. The number of hydrogen-bond acceptors (Lipinski definition) is 2. The molecule has 2 aliphatic rings. The highest BCUT2D eigenvalue weighted by molar-refractivity contribution is 5.82. The Morgan fingerprint density at radius 1 is 1.12 bits per heavy atom. The summed E-state index contributed by atoms with van der Waals surface area (Å²) in [5.74, 6) is 0.869. The molecule has 2 heteroatoms. The van der Waals surface area contributed by atoms with E-state index in [0.717, 1.165) is 29.7 Å². The van der Waals surface area contributed by atoms with Gasteiger partial charge in [-0.25, -0.2) is 0 Å². The Morgan fingerprint density at radius 2 is 1.88 bits per heavy atom. The molecule has 1 aliphatic carbocycles. The highest BCUT2D eigenvalue weighted by atomic mass is 16.5. The first-order chi connectivity index (χ1) is 8.33. The fraction of sp³-hybridized carbons (Fsp3) is 0.400. The number of allylic oxidation sites excluding steroid dienone is 1. The quantitative estimate of drug-likeness (QED) is 0.674. The number of benzene rings is 1. The number of hydrogen-bond donors (Lipinski definition) is 0. The van der Waals surface area contributed by atoms with Crippen molar-refractivity contribution in [1.29, 1.82) is 5.26 Å². The first-order valence-electron chi connectivity index (χ1n) is 6.24. The van der Waals surface area contributed by atoms with E-state index in [1.165, 1.54) is 19.3 Å². The first-order valence-corrected chi connectivity index (χ1v) is 6.24. The third-order valence-corrected chi connectivity index (χ3v) is 3.72. The van der Waals surface area contributed by atoms with E-state index < -0.39 is 0 Å². The van der Waals surface area contributed by atoms with E-state index >= 15 is 0 Å². The predicted octanol–water partition coefficient (Wildman–Crippen LogP) is 3.69. The molecule has 1 heterocycles. The zero-order chi connectivity index (χ0) is 11.7. The normalized spacial score (nSPS) is 21.0. The van der Waals surface area contributed by atoms with E-state index in [1.807, 2.05) is 24.3 Å². The van der Waals surface area contributed by atoms with Gasteiger partial charge in [0.25, 0.3) is 0 Å². The Hall–Kier alpha value is -1.75. The molecule has 0 bridgehead atoms. The van der Waals surface area contributed by atoms with Crippen LogP contribution in [0.4, 0.5) is 0 Å². The van der Waals surface area contributed by atoms with E-state index in [9.17, 15) is 5.26 Å². The van der Waals surface area contributed by atoms with Crippen molar-refractivity contribution in [2.45, 2.75) is 37.7 Å². The number of nitrogens with zero attached hydrogens (tertiary/aromatic N) is 1. The van der Waals surface area contributed by atoms with Crippen molar-refractivity contribution in [2.75, 3.05) is 0 Å². The second-order valence-corrected chi connectivity index (χ2v) is 4.89. The molecule has 1 aliphatic heterocycles. The SMILES string of the molecule is N#CC1=CC2(CCCCC2)Oc2ccccc21. The molecule has 1 aromatic carbocycles. The topological polar surface area (TPSA) is 33.0 Å². The highest BCUT2D eigenvalue weighted by Crippen LogP contribution is 2.42. The van der Waals surface area contributed by atoms with E-state index in [-0.39, 0.29) is 5.60 Å². The van der Waals surface area contributed by atoms with Gasteiger partial charge in [-0.05, 0) is 43.9 Å². The molecular weight excluding hydrogens is 210 g/mol. The van der Waals surface area contributed by atoms with Crippen LogP contribution in [0.5, 0.6) is 5.75 Å². The molecule has 17 heavy (non-hydrogen) atoms. The first kappa shape index (κ1) is 10.4. The van der Waals surface area contributed by atoms with Crippen LogP contribution in [-0.4, -0.2) is 5.60 Å². The number of fused-ring (bicyclic) bond motifs is 1. The Kier molecular flexibility index (Phi) is 2.40. The minimum absolute atomic E-state index is 0.211. The average Bonchev–Trinajstić information content (AvgIpc) is 2.38. The van der Waals surface area contributed by atoms with Gasteiger partial charge in [0, 0.05) is 5.56 Å². The summed E-state index contributed by atoms with van der Waals surface area (Å²) in [5.41, 5.74) is 1.50. The van der Waals surface area contributed by atoms with E-state index in [4.69, 9.17) is 4.74 Å². The lowest BCUT2D eigenvalue weighted by Gasteiger charge is -2.38. The van der Waals surface area contributed by atoms with Gasteiger partial charge >= 0.3 is 0 Å². The maximum Gasteiger partial charge on any atom is 0.129 e. The van der Waals surface area contributed by atoms with Crippen LogP contribution in [-0.2, 0) is 0 Å². The van der Waals surface area contributed by atoms with Gasteiger partial charge in [-0.3, -0.25) is 0 Å². The molecule has 0 N–H and O–H groups in total. The van der Waals surface area contributed by atoms with Crippen LogP contribution < -0.4 is 4.74 Å². The monoisotopic (exact) mass is 225 g/mol. The van der Waals surface area contributed by atoms with Gasteiger partial charge in [0.15, 0.2) is 0 Å². The van der Waals surface area contributed by atoms with Gasteiger partial charge in [-0.2, -0.15) is 5.26 Å². The van der Waals surface area contributed by atoms with Crippen LogP contribution in [0.3, 0.4) is 0 Å². The maximum absolute atomic E-state index is 9.28. The van der Waals surface area contributed by atoms with Crippen molar-refractivity contribution in [3.63, 3.8) is 0 Å². The van der Waals surface area contributed by atoms with Crippen LogP contribution in [0.25, 0.3) is 5.57 Å². The Balaban J connectivity index is 2.07. The van der Waals surface area contributed by atoms with Crippen LogP contribution in [0.2, 0.25) is 0 Å². The molecule has 0 radical (unpaired) electrons. The lowest BCUT2D eigenvalue weighted by atomic mass is 9.81. The zero-order valence-corrected chi connectivity index (χ0v) is 9.78. The van der Waals surface area contributed by atoms with Gasteiger partial charge in [0.1, 0.15) is 11.4 Å². The molecule has 3 rings (SSSR count). The molecule has 1 saturated carbocycles. The molecule has 0 aromatic heterocycles. The molecule has 1 aromatic rings. The van der Waals surface area contributed by atoms with Crippen LogP contribution in [0, 0.1) is 11.3 Å². The minimum atomic E-state index is -0.211. The molecular formula is C15H15NO. The molecule has 1 fully saturated rings. The lowest BCUT2D eigenvalue weighted by Crippen LogP contribution is -2.38. The standard InChI is InChI=1S/C15H15NO/c16-11-12-10-15(8-4-1-5-9-15)17-14-7-3-2-6-13(12)14/h2-3,6-7,10H,1,4-5,8-9H2. The van der Waals surface area contributed by atoms with Gasteiger partial charge < -0.3 is 4.74 Å². The van der Waals surface area contributed by atoms with Gasteiger partial charge in [0.2, 0.25) is 0 Å². The summed E-state index contributed by atoms with van der Waals surface area (Å²) in [6, 6.07) is 10.2. The Bertz CT molecular complexity index is 504. The molecule has 0 atom stereocenters. The fourth-order valence-electron chi connectivity index (χ4n) is 2.86. The molecule has 86 valence electrons. The third kappa shape index (κ3) is 1.72. The van der Waals surface area contributed by atoms with E-state index in [1.54, 1.807) is 0 Å². The maximum atomic E-state index is 9.28. The largest absolute Gasteiger partial charge is 0.482 e. The minimum Gasteiger partial charge on any atom is -0.482 e. The summed E-state index contributed by atoms with van der Waals surface area (Å²) in [4.78, 5) is 0. The summed E-state index contributed by atoms with van der Waals surface area (Å²) in [6.45, 7) is 0. The van der Waals surface area contributed by atoms with Crippen molar-refractivity contribution in [3.8, 4) is 11.8 Å². The van der Waals surface area contributed by atoms with Crippen LogP contribution in [0.15, 0.2) is 30.3 Å². The van der Waals surface area contributed by atoms with Crippen LogP contribution >= 0.6 is 0 Å². The lowest BCUT2D eigenvalue weighted by molar-refractivity contribution is 0.0748. The number of para-hydroxylation sites is 1. The van der Waals surface area contributed by atoms with E-state index in [0.29, 0.717) is 0 Å². The Morgan fingerprint density at radius 3 is 2.65 bits per heavy atom. The van der Waals surface area contributed by atoms with Crippen molar-refractivity contribution in [1.82, 2.24) is 0 Å². The van der Waals surface area contributed by atoms with Crippen molar-refractivity contribution >= 4 is 5.57 Å². The van der Waals surface area contributed by atoms with Gasteiger partial charge in [-0.1, -0.05) is 18.6 Å². The molecule has 0 saturated heterocycles. The van der Waals surface area contributed by atoms with Gasteiger partial charge in [-0.15, -0.1) is 0 Å². The third-order valence-electron chi connectivity index (χ3n) is 3.72. The summed E-state index contributed by atoms with van der Waals surface area (Å²) in [5, 5.41) is 9.28. The van der Waals surface area contributed by atoms with Crippen LogP contribution in [0.1, 0.15) is 37.7 Å². The molecule has 0 unspecified atom stereocenters. The number of rotatable bonds is 0. The van der Waals surface area contributed by atoms with Crippen molar-refractivity contribution < 1.29 is 4.74 Å². The number of ether oxygens (including phenoxy) is 1. The zero-order valence-electron chi connectivity index (χ0n) is 9.78. The smallest absolute Gasteiger partial charge is 0.129 e. The van der Waals surface area contributed by atoms with Gasteiger partial charge in [0.05, 0.1) is 11.6 Å². The summed E-state index contributed by atoms with van der Waals surface area (Å²) < 4.78 is 6.16. The molecule has 2 nitrogen and oxygen atoms in total. The van der Waals surface area contributed by atoms with Crippen molar-refractivity contribution in [3.05, 3.63) is 35.9 Å². The fourth-order valence-corrected chi connectivity index (χ4v) is 2.86. The average molecular weight is 225 g/mol. The second-order valence-electron chi connectivity index (χ2n) is 4.89. The predicted molar refractivity (Wildman–Crippen MR) is 66.5 cm³/mol. The number of nitriles is 1.